The van der Waals surface area contributed by atoms with Gasteiger partial charge >= 0.3 is 0 Å². The quantitative estimate of drug-likeness (QED) is 0.654. The molecule has 2 aromatic carbocycles. The summed E-state index contributed by atoms with van der Waals surface area (Å²) in [6.45, 7) is 0.0419. The molecule has 0 saturated heterocycles. The second kappa shape index (κ2) is 8.09. The highest BCUT2D eigenvalue weighted by Gasteiger charge is 2.11. The van der Waals surface area contributed by atoms with E-state index in [0.29, 0.717) is 18.4 Å². The summed E-state index contributed by atoms with van der Waals surface area (Å²) in [6.07, 6.45) is 1.56. The molecule has 0 saturated carbocycles. The number of nitrogens with zero attached hydrogens (tertiary/aromatic N) is 2. The molecule has 0 aliphatic carbocycles. The van der Waals surface area contributed by atoms with Crippen LogP contribution in [0.2, 0.25) is 0 Å². The molecule has 0 fully saturated rings. The van der Waals surface area contributed by atoms with Crippen LogP contribution in [-0.2, 0) is 11.3 Å². The molecule has 0 unspecified atom stereocenters. The van der Waals surface area contributed by atoms with Crippen molar-refractivity contribution in [3.8, 4) is 5.75 Å². The van der Waals surface area contributed by atoms with E-state index in [1.807, 2.05) is 24.3 Å². The molecule has 1 amide bonds. The minimum absolute atomic E-state index is 0.191. The molecule has 0 aliphatic rings. The summed E-state index contributed by atoms with van der Waals surface area (Å²) in [5, 5.41) is 6.84. The van der Waals surface area contributed by atoms with Gasteiger partial charge in [-0.2, -0.15) is 5.10 Å². The Morgan fingerprint density at radius 1 is 1.19 bits per heavy atom. The second-order valence-electron chi connectivity index (χ2n) is 5.38. The van der Waals surface area contributed by atoms with Crippen molar-refractivity contribution in [2.45, 2.75) is 6.54 Å². The number of carbonyl (C=O) groups is 1. The van der Waals surface area contributed by atoms with Gasteiger partial charge in [0.1, 0.15) is 11.6 Å². The first-order valence-corrected chi connectivity index (χ1v) is 8.45. The molecule has 134 valence electrons. The number of amides is 1. The van der Waals surface area contributed by atoms with Crippen molar-refractivity contribution in [1.29, 1.82) is 0 Å². The lowest BCUT2D eigenvalue weighted by molar-refractivity contribution is -0.118. The van der Waals surface area contributed by atoms with Crippen LogP contribution in [0, 0.1) is 11.6 Å². The van der Waals surface area contributed by atoms with Crippen molar-refractivity contribution in [1.82, 2.24) is 9.78 Å². The van der Waals surface area contributed by atoms with Crippen LogP contribution in [0.5, 0.6) is 5.75 Å². The van der Waals surface area contributed by atoms with E-state index in [0.717, 1.165) is 22.2 Å². The Morgan fingerprint density at radius 3 is 2.77 bits per heavy atom. The fourth-order valence-electron chi connectivity index (χ4n) is 2.27. The van der Waals surface area contributed by atoms with Crippen molar-refractivity contribution < 1.29 is 18.3 Å². The zero-order valence-electron chi connectivity index (χ0n) is 13.5. The summed E-state index contributed by atoms with van der Waals surface area (Å²) < 4.78 is 34.0. The Morgan fingerprint density at radius 2 is 2.00 bits per heavy atom. The maximum Gasteiger partial charge on any atom is 0.263 e. The van der Waals surface area contributed by atoms with Gasteiger partial charge in [0.05, 0.1) is 12.7 Å². The second-order valence-corrected chi connectivity index (χ2v) is 6.23. The highest BCUT2D eigenvalue weighted by atomic mass is 79.9. The molecule has 1 N–H and O–H groups in total. The van der Waals surface area contributed by atoms with Crippen molar-refractivity contribution in [2.24, 2.45) is 0 Å². The number of aromatic nitrogens is 2. The number of ether oxygens (including phenoxy) is 1. The standard InChI is InChI=1S/C18H14BrF2N3O2/c19-14-4-2-1-3-12(14)10-24-17(7-8-22-24)23-18(25)11-26-16-6-5-13(20)9-15(16)21/h1-9H,10-11H2,(H,23,25). The third-order valence-electron chi connectivity index (χ3n) is 3.51. The molecule has 0 aliphatic heterocycles. The number of halogens is 3. The topological polar surface area (TPSA) is 56.1 Å². The van der Waals surface area contributed by atoms with E-state index in [2.05, 4.69) is 26.3 Å². The van der Waals surface area contributed by atoms with Gasteiger partial charge in [0.25, 0.3) is 5.91 Å². The summed E-state index contributed by atoms with van der Waals surface area (Å²) in [6, 6.07) is 12.2. The van der Waals surface area contributed by atoms with E-state index >= 15 is 0 Å². The Kier molecular flexibility index (Phi) is 5.62. The van der Waals surface area contributed by atoms with Crippen LogP contribution < -0.4 is 10.1 Å². The molecule has 1 aromatic heterocycles. The van der Waals surface area contributed by atoms with E-state index in [1.54, 1.807) is 16.9 Å². The van der Waals surface area contributed by atoms with E-state index in [1.165, 1.54) is 0 Å². The third kappa shape index (κ3) is 4.45. The van der Waals surface area contributed by atoms with E-state index in [-0.39, 0.29) is 5.75 Å². The van der Waals surface area contributed by atoms with E-state index in [4.69, 9.17) is 4.74 Å². The maximum absolute atomic E-state index is 13.5. The first-order valence-electron chi connectivity index (χ1n) is 7.66. The van der Waals surface area contributed by atoms with Gasteiger partial charge in [0, 0.05) is 16.6 Å². The fraction of sp³-hybridized carbons (Fsp3) is 0.111. The fourth-order valence-corrected chi connectivity index (χ4v) is 2.68. The molecule has 3 aromatic rings. The molecule has 0 bridgehead atoms. The molecule has 0 spiro atoms. The predicted molar refractivity (Wildman–Crippen MR) is 96.0 cm³/mol. The first kappa shape index (κ1) is 18.1. The van der Waals surface area contributed by atoms with Crippen LogP contribution in [-0.4, -0.2) is 22.3 Å². The van der Waals surface area contributed by atoms with Crippen molar-refractivity contribution >= 4 is 27.7 Å². The van der Waals surface area contributed by atoms with Crippen molar-refractivity contribution in [3.05, 3.63) is 76.4 Å². The number of rotatable bonds is 6. The van der Waals surface area contributed by atoms with Gasteiger partial charge < -0.3 is 10.1 Å². The Labute approximate surface area is 156 Å². The lowest BCUT2D eigenvalue weighted by atomic mass is 10.2. The van der Waals surface area contributed by atoms with Crippen molar-refractivity contribution in [2.75, 3.05) is 11.9 Å². The van der Waals surface area contributed by atoms with Gasteiger partial charge in [0.15, 0.2) is 18.2 Å². The minimum Gasteiger partial charge on any atom is -0.481 e. The number of anilines is 1. The average molecular weight is 422 g/mol. The number of hydrogen-bond acceptors (Lipinski definition) is 3. The summed E-state index contributed by atoms with van der Waals surface area (Å²) in [5.74, 6) is -1.77. The monoisotopic (exact) mass is 421 g/mol. The summed E-state index contributed by atoms with van der Waals surface area (Å²) in [5.41, 5.74) is 0.997. The molecule has 1 heterocycles. The van der Waals surface area contributed by atoms with E-state index < -0.39 is 24.1 Å². The summed E-state index contributed by atoms with van der Waals surface area (Å²) in [7, 11) is 0. The van der Waals surface area contributed by atoms with Crippen LogP contribution in [0.4, 0.5) is 14.6 Å². The molecular weight excluding hydrogens is 408 g/mol. The Balaban J connectivity index is 1.62. The minimum atomic E-state index is -0.864. The number of hydrogen-bond donors (Lipinski definition) is 1. The number of benzene rings is 2. The van der Waals surface area contributed by atoms with Gasteiger partial charge in [-0.05, 0) is 23.8 Å². The van der Waals surface area contributed by atoms with E-state index in [9.17, 15) is 13.6 Å². The number of nitrogens with one attached hydrogen (secondary N) is 1. The largest absolute Gasteiger partial charge is 0.481 e. The van der Waals surface area contributed by atoms with Gasteiger partial charge in [0.2, 0.25) is 0 Å². The summed E-state index contributed by atoms with van der Waals surface area (Å²) >= 11 is 3.47. The van der Waals surface area contributed by atoms with Crippen LogP contribution in [0.3, 0.4) is 0 Å². The third-order valence-corrected chi connectivity index (χ3v) is 4.29. The Bertz CT molecular complexity index is 930. The molecule has 0 radical (unpaired) electrons. The molecule has 3 rings (SSSR count). The molecule has 5 nitrogen and oxygen atoms in total. The van der Waals surface area contributed by atoms with Crippen molar-refractivity contribution in [3.63, 3.8) is 0 Å². The van der Waals surface area contributed by atoms with Gasteiger partial charge in [-0.3, -0.25) is 4.79 Å². The lowest BCUT2D eigenvalue weighted by Crippen LogP contribution is -2.22. The Hall–Kier alpha value is -2.74. The van der Waals surface area contributed by atoms with Gasteiger partial charge in [-0.1, -0.05) is 34.1 Å². The molecule has 26 heavy (non-hydrogen) atoms. The number of carbonyl (C=O) groups excluding carboxylic acids is 1. The highest BCUT2D eigenvalue weighted by molar-refractivity contribution is 9.10. The van der Waals surface area contributed by atoms with Crippen LogP contribution in [0.15, 0.2) is 59.2 Å². The molecule has 0 atom stereocenters. The zero-order chi connectivity index (χ0) is 18.5. The van der Waals surface area contributed by atoms with Crippen LogP contribution in [0.1, 0.15) is 5.56 Å². The highest BCUT2D eigenvalue weighted by Crippen LogP contribution is 2.19. The zero-order valence-corrected chi connectivity index (χ0v) is 15.0. The average Bonchev–Trinajstić information content (AvgIpc) is 3.03. The lowest BCUT2D eigenvalue weighted by Gasteiger charge is -2.11. The smallest absolute Gasteiger partial charge is 0.263 e. The molecule has 8 heteroatoms. The predicted octanol–water partition coefficient (Wildman–Crippen LogP) is 3.99. The van der Waals surface area contributed by atoms with Crippen LogP contribution >= 0.6 is 15.9 Å². The summed E-state index contributed by atoms with van der Waals surface area (Å²) in [4.78, 5) is 12.1. The maximum atomic E-state index is 13.5. The SMILES string of the molecule is O=C(COc1ccc(F)cc1F)Nc1ccnn1Cc1ccccc1Br. The normalized spacial score (nSPS) is 10.6. The van der Waals surface area contributed by atoms with Gasteiger partial charge in [-0.15, -0.1) is 0 Å². The first-order chi connectivity index (χ1) is 12.5. The van der Waals surface area contributed by atoms with Gasteiger partial charge in [-0.25, -0.2) is 13.5 Å². The molecular formula is C18H14BrF2N3O2. The van der Waals surface area contributed by atoms with Crippen LogP contribution in [0.25, 0.3) is 0 Å².